The highest BCUT2D eigenvalue weighted by atomic mass is 32.2. The smallest absolute Gasteiger partial charge is 0.196 e. The summed E-state index contributed by atoms with van der Waals surface area (Å²) in [6, 6.07) is 3.51. The van der Waals surface area contributed by atoms with Crippen molar-refractivity contribution in [3.8, 4) is 6.07 Å². The molecule has 14 heavy (non-hydrogen) atoms. The van der Waals surface area contributed by atoms with Gasteiger partial charge in [-0.3, -0.25) is 0 Å². The zero-order valence-electron chi connectivity index (χ0n) is 6.78. The van der Waals surface area contributed by atoms with Crippen LogP contribution in [0, 0.1) is 11.3 Å². The van der Waals surface area contributed by atoms with Gasteiger partial charge in [0, 0.05) is 6.20 Å². The number of rotatable bonds is 2. The van der Waals surface area contributed by atoms with Crippen molar-refractivity contribution in [1.29, 1.82) is 5.26 Å². The second-order valence-corrected chi connectivity index (χ2v) is 4.19. The van der Waals surface area contributed by atoms with Crippen molar-refractivity contribution in [3.63, 3.8) is 0 Å². The zero-order valence-corrected chi connectivity index (χ0v) is 8.42. The molecule has 0 N–H and O–H groups in total. The lowest BCUT2D eigenvalue weighted by Crippen LogP contribution is -1.88. The van der Waals surface area contributed by atoms with Crippen molar-refractivity contribution in [3.05, 3.63) is 23.5 Å². The van der Waals surface area contributed by atoms with E-state index in [-0.39, 0.29) is 0 Å². The molecule has 0 bridgehead atoms. The van der Waals surface area contributed by atoms with E-state index in [2.05, 4.69) is 20.2 Å². The van der Waals surface area contributed by atoms with E-state index in [0.29, 0.717) is 10.9 Å². The number of aromatic nitrogens is 4. The van der Waals surface area contributed by atoms with Crippen molar-refractivity contribution in [2.45, 2.75) is 9.50 Å². The van der Waals surface area contributed by atoms with E-state index in [4.69, 9.17) is 5.26 Å². The molecule has 0 aliphatic rings. The quantitative estimate of drug-likeness (QED) is 0.712. The highest BCUT2D eigenvalue weighted by molar-refractivity contribution is 8.00. The van der Waals surface area contributed by atoms with Crippen LogP contribution in [0.15, 0.2) is 27.3 Å². The lowest BCUT2D eigenvalue weighted by atomic mass is 10.5. The number of hydrogen-bond acceptors (Lipinski definition) is 7. The van der Waals surface area contributed by atoms with Gasteiger partial charge < -0.3 is 0 Å². The third-order valence-electron chi connectivity index (χ3n) is 1.27. The lowest BCUT2D eigenvalue weighted by molar-refractivity contribution is 0.942. The van der Waals surface area contributed by atoms with Gasteiger partial charge in [-0.25, -0.2) is 9.97 Å². The Labute approximate surface area is 87.9 Å². The normalized spacial score (nSPS) is 9.64. The Morgan fingerprint density at radius 3 is 3.14 bits per heavy atom. The average Bonchev–Trinajstić information content (AvgIpc) is 2.71. The highest BCUT2D eigenvalue weighted by Gasteiger charge is 2.03. The molecule has 0 fully saturated rings. The summed E-state index contributed by atoms with van der Waals surface area (Å²) in [5.41, 5.74) is 1.99. The fourth-order valence-corrected chi connectivity index (χ4v) is 2.06. The second kappa shape index (κ2) is 4.13. The summed E-state index contributed by atoms with van der Waals surface area (Å²) in [5, 5.41) is 16.7. The maximum absolute atomic E-state index is 8.61. The molecule has 0 spiro atoms. The highest BCUT2D eigenvalue weighted by Crippen LogP contribution is 2.24. The van der Waals surface area contributed by atoms with Crippen LogP contribution in [-0.2, 0) is 0 Å². The summed E-state index contributed by atoms with van der Waals surface area (Å²) in [4.78, 5) is 8.00. The Morgan fingerprint density at radius 2 is 2.43 bits per heavy atom. The van der Waals surface area contributed by atoms with Gasteiger partial charge in [0.05, 0.1) is 0 Å². The molecular formula is C7H3N5S2. The molecule has 0 aliphatic carbocycles. The number of nitrogens with zero attached hydrogens (tertiary/aromatic N) is 5. The molecule has 2 rings (SSSR count). The van der Waals surface area contributed by atoms with Crippen LogP contribution in [0.4, 0.5) is 0 Å². The van der Waals surface area contributed by atoms with E-state index in [9.17, 15) is 0 Å². The van der Waals surface area contributed by atoms with Crippen LogP contribution >= 0.6 is 23.1 Å². The van der Waals surface area contributed by atoms with Crippen molar-refractivity contribution < 1.29 is 0 Å². The Bertz CT molecular complexity index is 461. The van der Waals surface area contributed by atoms with Gasteiger partial charge in [0.2, 0.25) is 0 Å². The minimum atomic E-state index is 0.354. The average molecular weight is 221 g/mol. The van der Waals surface area contributed by atoms with Gasteiger partial charge in [-0.15, -0.1) is 10.2 Å². The predicted molar refractivity (Wildman–Crippen MR) is 50.8 cm³/mol. The second-order valence-electron chi connectivity index (χ2n) is 2.14. The third-order valence-corrected chi connectivity index (χ3v) is 2.92. The van der Waals surface area contributed by atoms with Crippen LogP contribution in [0.5, 0.6) is 0 Å². The number of nitriles is 1. The molecule has 0 radical (unpaired) electrons. The van der Waals surface area contributed by atoms with Crippen molar-refractivity contribution in [2.75, 3.05) is 0 Å². The Balaban J connectivity index is 2.22. The van der Waals surface area contributed by atoms with Gasteiger partial charge in [-0.05, 0) is 17.8 Å². The van der Waals surface area contributed by atoms with E-state index in [1.807, 2.05) is 6.07 Å². The van der Waals surface area contributed by atoms with Crippen LogP contribution in [0.25, 0.3) is 0 Å². The van der Waals surface area contributed by atoms with E-state index in [0.717, 1.165) is 4.34 Å². The molecule has 0 amide bonds. The minimum Gasteiger partial charge on any atom is -0.231 e. The lowest BCUT2D eigenvalue weighted by Gasteiger charge is -1.93. The van der Waals surface area contributed by atoms with Crippen LogP contribution in [0.3, 0.4) is 0 Å². The molecule has 2 aromatic rings. The SMILES string of the molecule is N#Cc1ccnc(Sc2nncs2)n1. The zero-order chi connectivity index (χ0) is 9.80. The van der Waals surface area contributed by atoms with Gasteiger partial charge in [-0.2, -0.15) is 5.26 Å². The standard InChI is InChI=1S/C7H3N5S2/c8-3-5-1-2-9-6(11-5)14-7-12-10-4-13-7/h1-2,4H. The van der Waals surface area contributed by atoms with Gasteiger partial charge >= 0.3 is 0 Å². The summed E-state index contributed by atoms with van der Waals surface area (Å²) in [6.07, 6.45) is 1.55. The summed E-state index contributed by atoms with van der Waals surface area (Å²) < 4.78 is 0.764. The number of hydrogen-bond donors (Lipinski definition) is 0. The molecule has 0 saturated heterocycles. The molecule has 0 atom stereocenters. The molecule has 2 heterocycles. The maximum Gasteiger partial charge on any atom is 0.196 e. The van der Waals surface area contributed by atoms with Crippen LogP contribution in [0.1, 0.15) is 5.69 Å². The van der Waals surface area contributed by atoms with E-state index in [1.54, 1.807) is 17.8 Å². The molecule has 68 valence electrons. The van der Waals surface area contributed by atoms with Crippen molar-refractivity contribution in [2.24, 2.45) is 0 Å². The molecule has 0 saturated carbocycles. The molecular weight excluding hydrogens is 218 g/mol. The summed E-state index contributed by atoms with van der Waals surface area (Å²) in [6.45, 7) is 0. The van der Waals surface area contributed by atoms with Crippen molar-refractivity contribution >= 4 is 23.1 Å². The van der Waals surface area contributed by atoms with Crippen LogP contribution in [-0.4, -0.2) is 20.2 Å². The molecule has 5 nitrogen and oxygen atoms in total. The summed E-state index contributed by atoms with van der Waals surface area (Å²) in [7, 11) is 0. The maximum atomic E-state index is 8.61. The first-order valence-electron chi connectivity index (χ1n) is 3.55. The van der Waals surface area contributed by atoms with Crippen molar-refractivity contribution in [1.82, 2.24) is 20.2 Å². The van der Waals surface area contributed by atoms with E-state index < -0.39 is 0 Å². The molecule has 0 aromatic carbocycles. The fourth-order valence-electron chi connectivity index (χ4n) is 0.738. The minimum absolute atomic E-state index is 0.354. The molecule has 0 unspecified atom stereocenters. The topological polar surface area (TPSA) is 75.3 Å². The monoisotopic (exact) mass is 221 g/mol. The van der Waals surface area contributed by atoms with Crippen LogP contribution < -0.4 is 0 Å². The first-order chi connectivity index (χ1) is 6.88. The molecule has 7 heteroatoms. The largest absolute Gasteiger partial charge is 0.231 e. The predicted octanol–water partition coefficient (Wildman–Crippen LogP) is 1.35. The first kappa shape index (κ1) is 9.05. The molecule has 2 aromatic heterocycles. The van der Waals surface area contributed by atoms with Gasteiger partial charge in [0.25, 0.3) is 0 Å². The van der Waals surface area contributed by atoms with E-state index in [1.165, 1.54) is 23.1 Å². The van der Waals surface area contributed by atoms with Gasteiger partial charge in [0.15, 0.2) is 9.50 Å². The summed E-state index contributed by atoms with van der Waals surface area (Å²) >= 11 is 2.70. The first-order valence-corrected chi connectivity index (χ1v) is 5.25. The summed E-state index contributed by atoms with van der Waals surface area (Å²) in [5.74, 6) is 0. The van der Waals surface area contributed by atoms with Gasteiger partial charge in [0.1, 0.15) is 17.3 Å². The molecule has 0 aliphatic heterocycles. The van der Waals surface area contributed by atoms with E-state index >= 15 is 0 Å². The van der Waals surface area contributed by atoms with Gasteiger partial charge in [-0.1, -0.05) is 11.3 Å². The fraction of sp³-hybridized carbons (Fsp3) is 0. The Morgan fingerprint density at radius 1 is 1.50 bits per heavy atom. The van der Waals surface area contributed by atoms with Crippen LogP contribution in [0.2, 0.25) is 0 Å². The Hall–Kier alpha value is -1.52. The third kappa shape index (κ3) is 2.04. The Kier molecular flexibility index (Phi) is 2.67.